The standard InChI is InChI=1S/C21H20FN7O3/c1-12-5-15-16(27-12)3-4-17(19(15)22)32-21-20-13(2)18(7-29(20)26-10-24-21)31-8-14(30)6-28-11-23-9-25-28/h3-5,7,9-11,14,27,30H,6,8H2,1-2H3/t14-/m0/s1. The molecule has 10 nitrogen and oxygen atoms in total. The minimum absolute atomic E-state index is 0.0410. The maximum atomic E-state index is 15.0. The third-order valence-corrected chi connectivity index (χ3v) is 5.09. The molecule has 0 saturated carbocycles. The number of rotatable bonds is 7. The molecule has 0 saturated heterocycles. The molecule has 1 atom stereocenters. The highest BCUT2D eigenvalue weighted by Gasteiger charge is 2.19. The Kier molecular flexibility index (Phi) is 4.94. The predicted octanol–water partition coefficient (Wildman–Crippen LogP) is 2.79. The summed E-state index contributed by atoms with van der Waals surface area (Å²) in [7, 11) is 0. The van der Waals surface area contributed by atoms with E-state index in [4.69, 9.17) is 9.47 Å². The molecule has 11 heteroatoms. The molecule has 0 aliphatic carbocycles. The largest absolute Gasteiger partial charge is 0.489 e. The molecule has 32 heavy (non-hydrogen) atoms. The van der Waals surface area contributed by atoms with E-state index in [1.165, 1.54) is 23.7 Å². The van der Waals surface area contributed by atoms with Crippen LogP contribution in [0.2, 0.25) is 0 Å². The Morgan fingerprint density at radius 2 is 2.06 bits per heavy atom. The molecular weight excluding hydrogens is 417 g/mol. The molecule has 0 aliphatic heterocycles. The molecule has 4 heterocycles. The van der Waals surface area contributed by atoms with Crippen molar-refractivity contribution in [1.29, 1.82) is 0 Å². The molecule has 0 aliphatic rings. The Hall–Kier alpha value is -3.99. The first kappa shape index (κ1) is 19.9. The molecular formula is C21H20FN7O3. The average Bonchev–Trinajstić information content (AvgIpc) is 3.48. The lowest BCUT2D eigenvalue weighted by Gasteiger charge is -2.11. The fourth-order valence-corrected chi connectivity index (χ4v) is 3.58. The number of hydrogen-bond donors (Lipinski definition) is 2. The van der Waals surface area contributed by atoms with Crippen LogP contribution in [0, 0.1) is 19.7 Å². The van der Waals surface area contributed by atoms with Gasteiger partial charge in [0.15, 0.2) is 11.6 Å². The van der Waals surface area contributed by atoms with Crippen molar-refractivity contribution in [3.05, 3.63) is 60.5 Å². The number of aliphatic hydroxyl groups excluding tert-OH is 1. The Bertz CT molecular complexity index is 1390. The fraction of sp³-hybridized carbons (Fsp3) is 0.238. The second kappa shape index (κ2) is 7.93. The highest BCUT2D eigenvalue weighted by molar-refractivity contribution is 5.83. The number of nitrogens with zero attached hydrogens (tertiary/aromatic N) is 6. The molecule has 0 radical (unpaired) electrons. The number of aromatic nitrogens is 7. The molecule has 164 valence electrons. The van der Waals surface area contributed by atoms with Crippen LogP contribution in [0.15, 0.2) is 43.4 Å². The van der Waals surface area contributed by atoms with E-state index >= 15 is 0 Å². The molecule has 0 fully saturated rings. The number of nitrogens with one attached hydrogen (secondary N) is 1. The lowest BCUT2D eigenvalue weighted by atomic mass is 10.2. The van der Waals surface area contributed by atoms with Crippen LogP contribution in [0.4, 0.5) is 4.39 Å². The molecule has 0 spiro atoms. The van der Waals surface area contributed by atoms with Gasteiger partial charge in [0.05, 0.1) is 12.7 Å². The maximum absolute atomic E-state index is 15.0. The predicted molar refractivity (Wildman–Crippen MR) is 112 cm³/mol. The number of benzene rings is 1. The van der Waals surface area contributed by atoms with E-state index in [-0.39, 0.29) is 24.8 Å². The van der Waals surface area contributed by atoms with Gasteiger partial charge in [0.2, 0.25) is 5.88 Å². The minimum atomic E-state index is -0.786. The summed E-state index contributed by atoms with van der Waals surface area (Å²) in [5, 5.41) is 18.8. The van der Waals surface area contributed by atoms with E-state index in [9.17, 15) is 9.50 Å². The summed E-state index contributed by atoms with van der Waals surface area (Å²) < 4.78 is 29.7. The van der Waals surface area contributed by atoms with Crippen LogP contribution in [0.25, 0.3) is 16.4 Å². The number of hydrogen-bond acceptors (Lipinski definition) is 7. The summed E-state index contributed by atoms with van der Waals surface area (Å²) in [6, 6.07) is 5.05. The van der Waals surface area contributed by atoms with Crippen molar-refractivity contribution in [2.24, 2.45) is 0 Å². The third kappa shape index (κ3) is 3.62. The van der Waals surface area contributed by atoms with Crippen molar-refractivity contribution < 1.29 is 19.0 Å². The molecule has 2 N–H and O–H groups in total. The summed E-state index contributed by atoms with van der Waals surface area (Å²) in [5.41, 5.74) is 2.79. The van der Waals surface area contributed by atoms with Gasteiger partial charge in [-0.25, -0.2) is 13.9 Å². The van der Waals surface area contributed by atoms with Crippen molar-refractivity contribution in [1.82, 2.24) is 34.3 Å². The quantitative estimate of drug-likeness (QED) is 0.402. The molecule has 5 aromatic rings. The Morgan fingerprint density at radius 3 is 2.88 bits per heavy atom. The van der Waals surface area contributed by atoms with Crippen molar-refractivity contribution >= 4 is 16.4 Å². The number of H-pyrrole nitrogens is 1. The fourth-order valence-electron chi connectivity index (χ4n) is 3.58. The van der Waals surface area contributed by atoms with Crippen LogP contribution in [-0.4, -0.2) is 52.2 Å². The van der Waals surface area contributed by atoms with Gasteiger partial charge in [-0.1, -0.05) is 0 Å². The summed E-state index contributed by atoms with van der Waals surface area (Å²) >= 11 is 0. The summed E-state index contributed by atoms with van der Waals surface area (Å²) in [6.45, 7) is 3.97. The van der Waals surface area contributed by atoms with Crippen LogP contribution in [0.5, 0.6) is 17.4 Å². The number of ether oxygens (including phenoxy) is 2. The molecule has 0 bridgehead atoms. The van der Waals surface area contributed by atoms with Gasteiger partial charge in [0.1, 0.15) is 43.0 Å². The SMILES string of the molecule is Cc1cc2c(F)c(Oc3ncnn4cc(OC[C@@H](O)Cn5cncn5)c(C)c34)ccc2[nH]1. The molecule has 4 aromatic heterocycles. The van der Waals surface area contributed by atoms with Crippen molar-refractivity contribution in [3.8, 4) is 17.4 Å². The molecule has 0 unspecified atom stereocenters. The highest BCUT2D eigenvalue weighted by atomic mass is 19.1. The first-order chi connectivity index (χ1) is 15.5. The van der Waals surface area contributed by atoms with E-state index in [1.54, 1.807) is 28.9 Å². The van der Waals surface area contributed by atoms with Gasteiger partial charge in [0.25, 0.3) is 0 Å². The lowest BCUT2D eigenvalue weighted by molar-refractivity contribution is 0.0890. The van der Waals surface area contributed by atoms with Gasteiger partial charge in [-0.05, 0) is 32.0 Å². The highest BCUT2D eigenvalue weighted by Crippen LogP contribution is 2.34. The van der Waals surface area contributed by atoms with Gasteiger partial charge >= 0.3 is 0 Å². The van der Waals surface area contributed by atoms with Gasteiger partial charge in [-0.3, -0.25) is 4.68 Å². The molecule has 0 amide bonds. The van der Waals surface area contributed by atoms with Crippen LogP contribution < -0.4 is 9.47 Å². The zero-order valence-corrected chi connectivity index (χ0v) is 17.4. The number of aromatic amines is 1. The van der Waals surface area contributed by atoms with Crippen LogP contribution in [0.3, 0.4) is 0 Å². The average molecular weight is 437 g/mol. The van der Waals surface area contributed by atoms with E-state index < -0.39 is 11.9 Å². The normalized spacial score (nSPS) is 12.5. The van der Waals surface area contributed by atoms with Crippen LogP contribution in [0.1, 0.15) is 11.3 Å². The summed E-state index contributed by atoms with van der Waals surface area (Å²) in [5.74, 6) is 0.287. The smallest absolute Gasteiger partial charge is 0.247 e. The molecule has 1 aromatic carbocycles. The topological polar surface area (TPSA) is 115 Å². The minimum Gasteiger partial charge on any atom is -0.489 e. The van der Waals surface area contributed by atoms with Crippen LogP contribution >= 0.6 is 0 Å². The van der Waals surface area contributed by atoms with E-state index in [0.29, 0.717) is 27.7 Å². The number of aryl methyl sites for hydroxylation is 2. The van der Waals surface area contributed by atoms with Gasteiger partial charge in [-0.15, -0.1) is 0 Å². The lowest BCUT2D eigenvalue weighted by Crippen LogP contribution is -2.23. The number of fused-ring (bicyclic) bond motifs is 2. The van der Waals surface area contributed by atoms with E-state index in [0.717, 1.165) is 5.69 Å². The Morgan fingerprint density at radius 1 is 1.19 bits per heavy atom. The van der Waals surface area contributed by atoms with Gasteiger partial charge in [-0.2, -0.15) is 15.2 Å². The van der Waals surface area contributed by atoms with Crippen LogP contribution in [-0.2, 0) is 6.54 Å². The van der Waals surface area contributed by atoms with Gasteiger partial charge < -0.3 is 19.6 Å². The van der Waals surface area contributed by atoms with Gasteiger partial charge in [0, 0.05) is 22.2 Å². The monoisotopic (exact) mass is 437 g/mol. The zero-order chi connectivity index (χ0) is 22.2. The third-order valence-electron chi connectivity index (χ3n) is 5.09. The van der Waals surface area contributed by atoms with Crippen molar-refractivity contribution in [2.75, 3.05) is 6.61 Å². The number of halogens is 1. The Labute approximate surface area is 181 Å². The first-order valence-electron chi connectivity index (χ1n) is 9.91. The zero-order valence-electron chi connectivity index (χ0n) is 17.4. The second-order valence-corrected chi connectivity index (χ2v) is 7.45. The van der Waals surface area contributed by atoms with Crippen molar-refractivity contribution in [3.63, 3.8) is 0 Å². The summed E-state index contributed by atoms with van der Waals surface area (Å²) in [6.07, 6.45) is 5.12. The van der Waals surface area contributed by atoms with Crippen molar-refractivity contribution in [2.45, 2.75) is 26.5 Å². The second-order valence-electron chi connectivity index (χ2n) is 7.45. The van der Waals surface area contributed by atoms with E-state index in [2.05, 4.69) is 25.1 Å². The number of aliphatic hydroxyl groups is 1. The Balaban J connectivity index is 1.40. The maximum Gasteiger partial charge on any atom is 0.247 e. The summed E-state index contributed by atoms with van der Waals surface area (Å²) in [4.78, 5) is 11.1. The van der Waals surface area contributed by atoms with E-state index in [1.807, 2.05) is 13.8 Å². The molecule has 5 rings (SSSR count). The first-order valence-corrected chi connectivity index (χ1v) is 9.91.